The van der Waals surface area contributed by atoms with Crippen LogP contribution in [0.1, 0.15) is 13.3 Å². The molecule has 0 aliphatic carbocycles. The fourth-order valence-corrected chi connectivity index (χ4v) is 1.34. The van der Waals surface area contributed by atoms with Crippen LogP contribution in [0.2, 0.25) is 0 Å². The van der Waals surface area contributed by atoms with Gasteiger partial charge >= 0.3 is 0 Å². The van der Waals surface area contributed by atoms with Gasteiger partial charge in [-0.3, -0.25) is 0 Å². The first kappa shape index (κ1) is 7.61. The minimum absolute atomic E-state index is 0.677. The topological polar surface area (TPSA) is 15.3 Å². The van der Waals surface area contributed by atoms with E-state index in [-0.39, 0.29) is 0 Å². The molecule has 1 aliphatic rings. The number of hydrogen-bond acceptors (Lipinski definition) is 2. The van der Waals surface area contributed by atoms with E-state index >= 15 is 0 Å². The molecule has 0 spiro atoms. The van der Waals surface area contributed by atoms with Gasteiger partial charge in [0.1, 0.15) is 0 Å². The zero-order valence-corrected chi connectivity index (χ0v) is 6.85. The molecule has 58 valence electrons. The highest BCUT2D eigenvalue weighted by atomic mass is 15.2. The predicted molar refractivity (Wildman–Crippen MR) is 43.9 cm³/mol. The van der Waals surface area contributed by atoms with E-state index in [2.05, 4.69) is 23.7 Å². The van der Waals surface area contributed by atoms with Crippen molar-refractivity contribution in [3.8, 4) is 0 Å². The number of rotatable bonds is 2. The number of nitrogens with one attached hydrogen (secondary N) is 1. The Balaban J connectivity index is 2.35. The molecule has 1 heterocycles. The van der Waals surface area contributed by atoms with Crippen LogP contribution >= 0.6 is 0 Å². The Hall–Kier alpha value is -0.500. The Kier molecular flexibility index (Phi) is 2.33. The molecule has 0 aromatic carbocycles. The van der Waals surface area contributed by atoms with Crippen LogP contribution in [-0.4, -0.2) is 31.1 Å². The summed E-state index contributed by atoms with van der Waals surface area (Å²) >= 11 is 0. The van der Waals surface area contributed by atoms with E-state index in [1.54, 1.807) is 0 Å². The molecule has 0 saturated carbocycles. The summed E-state index contributed by atoms with van der Waals surface area (Å²) in [6, 6.07) is 0.677. The van der Waals surface area contributed by atoms with E-state index in [0.29, 0.717) is 6.04 Å². The Morgan fingerprint density at radius 3 is 2.70 bits per heavy atom. The molecule has 10 heavy (non-hydrogen) atoms. The van der Waals surface area contributed by atoms with Crippen molar-refractivity contribution in [2.24, 2.45) is 0 Å². The fourth-order valence-electron chi connectivity index (χ4n) is 1.34. The van der Waals surface area contributed by atoms with Gasteiger partial charge in [-0.1, -0.05) is 6.58 Å². The SMILES string of the molecule is C=C(C)N1CCC(NC)C1. The molecule has 0 aromatic heterocycles. The first-order valence-electron chi connectivity index (χ1n) is 3.81. The summed E-state index contributed by atoms with van der Waals surface area (Å²) in [5, 5.41) is 3.27. The number of nitrogens with zero attached hydrogens (tertiary/aromatic N) is 1. The average molecular weight is 140 g/mol. The molecule has 1 aliphatic heterocycles. The van der Waals surface area contributed by atoms with Crippen molar-refractivity contribution in [3.05, 3.63) is 12.3 Å². The zero-order valence-electron chi connectivity index (χ0n) is 6.85. The summed E-state index contributed by atoms with van der Waals surface area (Å²) in [7, 11) is 2.02. The molecule has 1 rings (SSSR count). The molecule has 1 atom stereocenters. The molecule has 1 fully saturated rings. The second-order valence-electron chi connectivity index (χ2n) is 2.96. The van der Waals surface area contributed by atoms with E-state index in [9.17, 15) is 0 Å². The third kappa shape index (κ3) is 1.51. The molecule has 0 amide bonds. The number of hydrogen-bond donors (Lipinski definition) is 1. The minimum atomic E-state index is 0.677. The summed E-state index contributed by atoms with van der Waals surface area (Å²) < 4.78 is 0. The summed E-state index contributed by atoms with van der Waals surface area (Å²) in [5.41, 5.74) is 1.19. The maximum atomic E-state index is 3.90. The van der Waals surface area contributed by atoms with E-state index < -0.39 is 0 Å². The molecule has 0 radical (unpaired) electrons. The first-order chi connectivity index (χ1) is 4.74. The van der Waals surface area contributed by atoms with Crippen molar-refractivity contribution in [3.63, 3.8) is 0 Å². The monoisotopic (exact) mass is 140 g/mol. The van der Waals surface area contributed by atoms with E-state index in [0.717, 1.165) is 6.54 Å². The predicted octanol–water partition coefficient (Wildman–Crippen LogP) is 0.814. The lowest BCUT2D eigenvalue weighted by atomic mass is 10.3. The van der Waals surface area contributed by atoms with Gasteiger partial charge in [0.15, 0.2) is 0 Å². The first-order valence-corrected chi connectivity index (χ1v) is 3.81. The van der Waals surface area contributed by atoms with Gasteiger partial charge in [0.05, 0.1) is 0 Å². The van der Waals surface area contributed by atoms with Crippen molar-refractivity contribution < 1.29 is 0 Å². The standard InChI is InChI=1S/C8H16N2/c1-7(2)10-5-4-8(6-10)9-3/h8-9H,1,4-6H2,2-3H3. The van der Waals surface area contributed by atoms with Crippen LogP contribution in [0.3, 0.4) is 0 Å². The molecular weight excluding hydrogens is 124 g/mol. The second kappa shape index (κ2) is 3.06. The maximum Gasteiger partial charge on any atom is 0.0329 e. The highest BCUT2D eigenvalue weighted by molar-refractivity contribution is 4.95. The van der Waals surface area contributed by atoms with Gasteiger partial charge in [-0.2, -0.15) is 0 Å². The normalized spacial score (nSPS) is 25.4. The lowest BCUT2D eigenvalue weighted by molar-refractivity contribution is 0.415. The Morgan fingerprint density at radius 1 is 1.70 bits per heavy atom. The van der Waals surface area contributed by atoms with Gasteiger partial charge < -0.3 is 10.2 Å². The molecule has 1 unspecified atom stereocenters. The number of likely N-dealkylation sites (N-methyl/N-ethyl adjacent to an activating group) is 1. The highest BCUT2D eigenvalue weighted by Gasteiger charge is 2.19. The second-order valence-corrected chi connectivity index (χ2v) is 2.96. The highest BCUT2D eigenvalue weighted by Crippen LogP contribution is 2.12. The van der Waals surface area contributed by atoms with Crippen LogP contribution in [0, 0.1) is 0 Å². The van der Waals surface area contributed by atoms with E-state index in [4.69, 9.17) is 0 Å². The van der Waals surface area contributed by atoms with Crippen molar-refractivity contribution in [2.75, 3.05) is 20.1 Å². The Bertz CT molecular complexity index is 131. The molecule has 1 N–H and O–H groups in total. The Morgan fingerprint density at radius 2 is 2.40 bits per heavy atom. The van der Waals surface area contributed by atoms with Gasteiger partial charge in [0.25, 0.3) is 0 Å². The summed E-state index contributed by atoms with van der Waals surface area (Å²) in [5.74, 6) is 0. The Labute approximate surface area is 62.9 Å². The van der Waals surface area contributed by atoms with Gasteiger partial charge in [-0.15, -0.1) is 0 Å². The molecule has 2 heteroatoms. The van der Waals surface area contributed by atoms with Crippen LogP contribution in [0.25, 0.3) is 0 Å². The van der Waals surface area contributed by atoms with Gasteiger partial charge in [-0.25, -0.2) is 0 Å². The van der Waals surface area contributed by atoms with Crippen molar-refractivity contribution in [1.29, 1.82) is 0 Å². The van der Waals surface area contributed by atoms with Crippen LogP contribution < -0.4 is 5.32 Å². The van der Waals surface area contributed by atoms with Crippen molar-refractivity contribution in [2.45, 2.75) is 19.4 Å². The van der Waals surface area contributed by atoms with Crippen LogP contribution in [0.15, 0.2) is 12.3 Å². The third-order valence-electron chi connectivity index (χ3n) is 2.14. The van der Waals surface area contributed by atoms with Gasteiger partial charge in [-0.05, 0) is 20.4 Å². The summed E-state index contributed by atoms with van der Waals surface area (Å²) in [6.07, 6.45) is 1.25. The molecule has 0 aromatic rings. The largest absolute Gasteiger partial charge is 0.374 e. The smallest absolute Gasteiger partial charge is 0.0329 e. The van der Waals surface area contributed by atoms with Crippen molar-refractivity contribution >= 4 is 0 Å². The van der Waals surface area contributed by atoms with Gasteiger partial charge in [0.2, 0.25) is 0 Å². The summed E-state index contributed by atoms with van der Waals surface area (Å²) in [4.78, 5) is 2.32. The number of allylic oxidation sites excluding steroid dienone is 1. The molecule has 1 saturated heterocycles. The van der Waals surface area contributed by atoms with Crippen LogP contribution in [-0.2, 0) is 0 Å². The van der Waals surface area contributed by atoms with E-state index in [1.165, 1.54) is 18.7 Å². The summed E-state index contributed by atoms with van der Waals surface area (Å²) in [6.45, 7) is 8.27. The lowest BCUT2D eigenvalue weighted by Gasteiger charge is -2.17. The zero-order chi connectivity index (χ0) is 7.56. The minimum Gasteiger partial charge on any atom is -0.374 e. The maximum absolute atomic E-state index is 3.90. The van der Waals surface area contributed by atoms with Gasteiger partial charge in [0, 0.05) is 24.8 Å². The molecular formula is C8H16N2. The lowest BCUT2D eigenvalue weighted by Crippen LogP contribution is -2.28. The third-order valence-corrected chi connectivity index (χ3v) is 2.14. The van der Waals surface area contributed by atoms with Crippen LogP contribution in [0.4, 0.5) is 0 Å². The van der Waals surface area contributed by atoms with Crippen LogP contribution in [0.5, 0.6) is 0 Å². The number of likely N-dealkylation sites (tertiary alicyclic amines) is 1. The molecule has 0 bridgehead atoms. The quantitative estimate of drug-likeness (QED) is 0.610. The average Bonchev–Trinajstić information content (AvgIpc) is 2.34. The van der Waals surface area contributed by atoms with Crippen molar-refractivity contribution in [1.82, 2.24) is 10.2 Å². The van der Waals surface area contributed by atoms with E-state index in [1.807, 2.05) is 7.05 Å². The molecule has 2 nitrogen and oxygen atoms in total. The fraction of sp³-hybridized carbons (Fsp3) is 0.750.